The average molecular weight is 289 g/mol. The van der Waals surface area contributed by atoms with Gasteiger partial charge in [-0.15, -0.1) is 10.2 Å². The molecular formula is C13H12FN5S. The summed E-state index contributed by atoms with van der Waals surface area (Å²) in [5.74, 6) is 0.472. The number of anilines is 1. The molecule has 1 heterocycles. The highest BCUT2D eigenvalue weighted by atomic mass is 32.2. The number of hydrogen-bond acceptors (Lipinski definition) is 5. The number of nitrogen functional groups attached to an aromatic ring is 1. The van der Waals surface area contributed by atoms with E-state index in [1.54, 1.807) is 12.1 Å². The number of hydrogen-bond donors (Lipinski definition) is 1. The molecule has 7 heteroatoms. The van der Waals surface area contributed by atoms with Crippen LogP contribution in [0.5, 0.6) is 0 Å². The lowest BCUT2D eigenvalue weighted by atomic mass is 10.1. The summed E-state index contributed by atoms with van der Waals surface area (Å²) in [4.78, 5) is 0. The fourth-order valence-electron chi connectivity index (χ4n) is 1.94. The molecule has 0 radical (unpaired) electrons. The third kappa shape index (κ3) is 2.47. The number of thioether (sulfide) groups is 1. The lowest BCUT2D eigenvalue weighted by Crippen LogP contribution is -2.02. The second-order valence-corrected chi connectivity index (χ2v) is 5.59. The van der Waals surface area contributed by atoms with Crippen molar-refractivity contribution in [3.63, 3.8) is 0 Å². The molecule has 2 N–H and O–H groups in total. The molecule has 1 aliphatic rings. The van der Waals surface area contributed by atoms with Gasteiger partial charge in [0.1, 0.15) is 5.82 Å². The van der Waals surface area contributed by atoms with E-state index in [2.05, 4.69) is 10.2 Å². The van der Waals surface area contributed by atoms with Gasteiger partial charge >= 0.3 is 0 Å². The van der Waals surface area contributed by atoms with Crippen molar-refractivity contribution in [1.82, 2.24) is 14.8 Å². The summed E-state index contributed by atoms with van der Waals surface area (Å²) in [7, 11) is 0. The SMILES string of the molecule is N#Cc1ccc(CSc2nnc(N)n2C2CC2)c(F)c1. The fourth-order valence-corrected chi connectivity index (χ4v) is 2.94. The lowest BCUT2D eigenvalue weighted by molar-refractivity contribution is 0.616. The molecule has 0 spiro atoms. The van der Waals surface area contributed by atoms with Crippen LogP contribution in [-0.4, -0.2) is 14.8 Å². The summed E-state index contributed by atoms with van der Waals surface area (Å²) in [5, 5.41) is 17.3. The van der Waals surface area contributed by atoms with Crippen LogP contribution in [-0.2, 0) is 5.75 Å². The Labute approximate surface area is 119 Å². The number of nitrogens with two attached hydrogens (primary N) is 1. The first-order chi connectivity index (χ1) is 9.69. The van der Waals surface area contributed by atoms with Crippen LogP contribution >= 0.6 is 11.8 Å². The fraction of sp³-hybridized carbons (Fsp3) is 0.308. The van der Waals surface area contributed by atoms with Gasteiger partial charge in [-0.05, 0) is 30.5 Å². The first-order valence-electron chi connectivity index (χ1n) is 6.20. The quantitative estimate of drug-likeness (QED) is 0.875. The van der Waals surface area contributed by atoms with Gasteiger partial charge < -0.3 is 5.73 Å². The highest BCUT2D eigenvalue weighted by Crippen LogP contribution is 2.39. The van der Waals surface area contributed by atoms with E-state index in [0.29, 0.717) is 34.0 Å². The second kappa shape index (κ2) is 5.13. The summed E-state index contributed by atoms with van der Waals surface area (Å²) in [6, 6.07) is 6.79. The van der Waals surface area contributed by atoms with Crippen molar-refractivity contribution in [2.45, 2.75) is 29.8 Å². The third-order valence-electron chi connectivity index (χ3n) is 3.14. The molecule has 5 nitrogen and oxygen atoms in total. The zero-order valence-corrected chi connectivity index (χ0v) is 11.4. The van der Waals surface area contributed by atoms with E-state index in [1.165, 1.54) is 17.8 Å². The van der Waals surface area contributed by atoms with E-state index in [1.807, 2.05) is 10.6 Å². The van der Waals surface area contributed by atoms with Gasteiger partial charge in [0, 0.05) is 11.8 Å². The summed E-state index contributed by atoms with van der Waals surface area (Å²) in [6.07, 6.45) is 2.17. The molecule has 3 rings (SSSR count). The highest BCUT2D eigenvalue weighted by Gasteiger charge is 2.28. The first kappa shape index (κ1) is 12.9. The number of halogens is 1. The summed E-state index contributed by atoms with van der Waals surface area (Å²) in [6.45, 7) is 0. The normalized spacial score (nSPS) is 14.2. The van der Waals surface area contributed by atoms with Crippen LogP contribution in [0.2, 0.25) is 0 Å². The lowest BCUT2D eigenvalue weighted by Gasteiger charge is -2.06. The second-order valence-electron chi connectivity index (χ2n) is 4.65. The van der Waals surface area contributed by atoms with Crippen molar-refractivity contribution in [3.8, 4) is 6.07 Å². The highest BCUT2D eigenvalue weighted by molar-refractivity contribution is 7.98. The minimum atomic E-state index is -0.373. The monoisotopic (exact) mass is 289 g/mol. The van der Waals surface area contributed by atoms with Gasteiger partial charge in [0.25, 0.3) is 0 Å². The van der Waals surface area contributed by atoms with Crippen LogP contribution in [0.4, 0.5) is 10.3 Å². The molecule has 1 aromatic carbocycles. The Morgan fingerprint density at radius 3 is 2.90 bits per heavy atom. The molecule has 0 amide bonds. The minimum absolute atomic E-state index is 0.321. The van der Waals surface area contributed by atoms with Gasteiger partial charge in [-0.1, -0.05) is 17.8 Å². The number of rotatable bonds is 4. The van der Waals surface area contributed by atoms with Crippen molar-refractivity contribution in [1.29, 1.82) is 5.26 Å². The number of nitrogens with zero attached hydrogens (tertiary/aromatic N) is 4. The Balaban J connectivity index is 1.75. The Morgan fingerprint density at radius 1 is 1.45 bits per heavy atom. The zero-order valence-electron chi connectivity index (χ0n) is 10.6. The Bertz CT molecular complexity index is 687. The van der Waals surface area contributed by atoms with Gasteiger partial charge in [-0.2, -0.15) is 5.26 Å². The van der Waals surface area contributed by atoms with E-state index < -0.39 is 0 Å². The van der Waals surface area contributed by atoms with E-state index in [-0.39, 0.29) is 5.82 Å². The van der Waals surface area contributed by atoms with Crippen LogP contribution < -0.4 is 5.73 Å². The summed E-state index contributed by atoms with van der Waals surface area (Å²) in [5.41, 5.74) is 6.65. The predicted molar refractivity (Wildman–Crippen MR) is 73.4 cm³/mol. The molecule has 1 saturated carbocycles. The molecule has 1 aliphatic carbocycles. The van der Waals surface area contributed by atoms with Crippen molar-refractivity contribution in [2.24, 2.45) is 0 Å². The van der Waals surface area contributed by atoms with Gasteiger partial charge in [-0.25, -0.2) is 4.39 Å². The van der Waals surface area contributed by atoms with Crippen molar-refractivity contribution < 1.29 is 4.39 Å². The van der Waals surface area contributed by atoms with Gasteiger partial charge in [0.05, 0.1) is 11.6 Å². The van der Waals surface area contributed by atoms with E-state index >= 15 is 0 Å². The molecule has 2 aromatic rings. The third-order valence-corrected chi connectivity index (χ3v) is 4.13. The summed E-state index contributed by atoms with van der Waals surface area (Å²) >= 11 is 1.40. The van der Waals surface area contributed by atoms with Crippen molar-refractivity contribution in [3.05, 3.63) is 35.1 Å². The van der Waals surface area contributed by atoms with Crippen LogP contribution in [0.3, 0.4) is 0 Å². The van der Waals surface area contributed by atoms with Gasteiger partial charge in [0.2, 0.25) is 5.95 Å². The molecular weight excluding hydrogens is 277 g/mol. The number of aromatic nitrogens is 3. The smallest absolute Gasteiger partial charge is 0.222 e. The van der Waals surface area contributed by atoms with E-state index in [9.17, 15) is 4.39 Å². The van der Waals surface area contributed by atoms with Crippen LogP contribution in [0.1, 0.15) is 30.0 Å². The molecule has 0 bridgehead atoms. The van der Waals surface area contributed by atoms with Crippen LogP contribution in [0.15, 0.2) is 23.4 Å². The first-order valence-corrected chi connectivity index (χ1v) is 7.19. The molecule has 0 atom stereocenters. The van der Waals surface area contributed by atoms with E-state index in [0.717, 1.165) is 12.8 Å². The molecule has 1 fully saturated rings. The molecule has 0 saturated heterocycles. The van der Waals surface area contributed by atoms with E-state index in [4.69, 9.17) is 11.0 Å². The minimum Gasteiger partial charge on any atom is -0.368 e. The Morgan fingerprint density at radius 2 is 2.25 bits per heavy atom. The zero-order chi connectivity index (χ0) is 14.1. The molecule has 0 unspecified atom stereocenters. The standard InChI is InChI=1S/C13H12FN5S/c14-11-5-8(6-15)1-2-9(11)7-20-13-18-17-12(16)19(13)10-3-4-10/h1-2,5,10H,3-4,7H2,(H2,16,17). The van der Waals surface area contributed by atoms with Crippen LogP contribution in [0, 0.1) is 17.1 Å². The van der Waals surface area contributed by atoms with Crippen molar-refractivity contribution >= 4 is 17.7 Å². The van der Waals surface area contributed by atoms with Crippen LogP contribution in [0.25, 0.3) is 0 Å². The maximum absolute atomic E-state index is 13.8. The number of nitriles is 1. The maximum Gasteiger partial charge on any atom is 0.222 e. The predicted octanol–water partition coefficient (Wildman–Crippen LogP) is 2.50. The Hall–Kier alpha value is -2.07. The number of benzene rings is 1. The largest absolute Gasteiger partial charge is 0.368 e. The average Bonchev–Trinajstić information content (AvgIpc) is 3.21. The van der Waals surface area contributed by atoms with Gasteiger partial charge in [0.15, 0.2) is 5.16 Å². The Kier molecular flexibility index (Phi) is 3.32. The molecule has 0 aliphatic heterocycles. The molecule has 20 heavy (non-hydrogen) atoms. The summed E-state index contributed by atoms with van der Waals surface area (Å²) < 4.78 is 15.7. The molecule has 102 valence electrons. The molecule has 1 aromatic heterocycles. The van der Waals surface area contributed by atoms with Crippen molar-refractivity contribution in [2.75, 3.05) is 5.73 Å². The maximum atomic E-state index is 13.8. The topological polar surface area (TPSA) is 80.5 Å². The van der Waals surface area contributed by atoms with Gasteiger partial charge in [-0.3, -0.25) is 4.57 Å².